The van der Waals surface area contributed by atoms with Gasteiger partial charge in [0.25, 0.3) is 17.7 Å². The van der Waals surface area contributed by atoms with Crippen LogP contribution in [0.3, 0.4) is 0 Å². The summed E-state index contributed by atoms with van der Waals surface area (Å²) in [6.45, 7) is -1.24. The summed E-state index contributed by atoms with van der Waals surface area (Å²) in [5.41, 5.74) is 0. The number of halogens is 1. The Morgan fingerprint density at radius 3 is 2.58 bits per heavy atom. The smallest absolute Gasteiger partial charge is 0.325 e. The summed E-state index contributed by atoms with van der Waals surface area (Å²) in [5.74, 6) is -2.06. The van der Waals surface area contributed by atoms with E-state index in [0.29, 0.717) is 16.5 Å². The number of rotatable bonds is 6. The molecule has 1 atom stereocenters. The molecule has 0 bridgehead atoms. The van der Waals surface area contributed by atoms with Crippen molar-refractivity contribution in [2.24, 2.45) is 0 Å². The monoisotopic (exact) mass is 488 g/mol. The molecule has 1 unspecified atom stereocenters. The molecule has 3 amide bonds. The molecule has 11 heteroatoms. The van der Waals surface area contributed by atoms with Crippen LogP contribution in [0, 0.1) is 0 Å². The number of para-hydroxylation sites is 2. The predicted molar refractivity (Wildman–Crippen MR) is 120 cm³/mol. The van der Waals surface area contributed by atoms with Gasteiger partial charge in [-0.05, 0) is 18.2 Å². The minimum absolute atomic E-state index is 0.0672. The second kappa shape index (κ2) is 9.88. The van der Waals surface area contributed by atoms with Crippen molar-refractivity contribution in [1.29, 1.82) is 0 Å². The number of imide groups is 1. The Morgan fingerprint density at radius 2 is 1.79 bits per heavy atom. The summed E-state index contributed by atoms with van der Waals surface area (Å²) in [6.07, 6.45) is -1.02. The van der Waals surface area contributed by atoms with Gasteiger partial charge in [0.2, 0.25) is 6.10 Å². The average Bonchev–Trinajstić information content (AvgIpc) is 3.17. The summed E-state index contributed by atoms with van der Waals surface area (Å²) in [5, 5.41) is 5.54. The average molecular weight is 489 g/mol. The lowest BCUT2D eigenvalue weighted by Crippen LogP contribution is -2.47. The third-order valence-corrected chi connectivity index (χ3v) is 6.24. The lowest BCUT2D eigenvalue weighted by atomic mass is 10.2. The van der Waals surface area contributed by atoms with E-state index >= 15 is 0 Å². The molecule has 0 saturated carbocycles. The number of amides is 3. The van der Waals surface area contributed by atoms with Gasteiger partial charge in [0.05, 0.1) is 5.02 Å². The zero-order chi connectivity index (χ0) is 23.4. The summed E-state index contributed by atoms with van der Waals surface area (Å²) in [7, 11) is 0. The first-order valence-electron chi connectivity index (χ1n) is 9.75. The number of esters is 1. The summed E-state index contributed by atoms with van der Waals surface area (Å²) >= 11 is 7.44. The second-order valence-corrected chi connectivity index (χ2v) is 8.29. The molecule has 2 N–H and O–H groups in total. The van der Waals surface area contributed by atoms with Crippen LogP contribution in [0.1, 0.15) is 9.67 Å². The molecule has 2 heterocycles. The van der Waals surface area contributed by atoms with Gasteiger partial charge in [-0.3, -0.25) is 24.5 Å². The van der Waals surface area contributed by atoms with Crippen molar-refractivity contribution in [3.05, 3.63) is 58.4 Å². The van der Waals surface area contributed by atoms with Crippen LogP contribution >= 0.6 is 22.9 Å². The maximum absolute atomic E-state index is 12.3. The van der Waals surface area contributed by atoms with Gasteiger partial charge in [-0.15, -0.1) is 11.3 Å². The van der Waals surface area contributed by atoms with Crippen LogP contribution in [0.2, 0.25) is 5.02 Å². The first kappa shape index (κ1) is 22.6. The molecule has 0 saturated heterocycles. The quantitative estimate of drug-likeness (QED) is 0.511. The van der Waals surface area contributed by atoms with Crippen LogP contribution in [-0.2, 0) is 19.1 Å². The number of thiophene rings is 1. The van der Waals surface area contributed by atoms with Crippen LogP contribution in [0.15, 0.2) is 48.5 Å². The van der Waals surface area contributed by atoms with E-state index < -0.39 is 42.9 Å². The first-order valence-corrected chi connectivity index (χ1v) is 10.9. The van der Waals surface area contributed by atoms with E-state index in [9.17, 15) is 19.2 Å². The van der Waals surface area contributed by atoms with Crippen molar-refractivity contribution < 1.29 is 33.4 Å². The van der Waals surface area contributed by atoms with E-state index in [-0.39, 0.29) is 11.5 Å². The number of benzene rings is 2. The molecule has 0 spiro atoms. The molecule has 2 aromatic carbocycles. The summed E-state index contributed by atoms with van der Waals surface area (Å²) in [4.78, 5) is 48.6. The topological polar surface area (TPSA) is 120 Å². The first-order chi connectivity index (χ1) is 15.9. The minimum atomic E-state index is -1.02. The van der Waals surface area contributed by atoms with Crippen LogP contribution in [-0.4, -0.2) is 49.6 Å². The third-order valence-electron chi connectivity index (χ3n) is 4.56. The minimum Gasteiger partial charge on any atom is -0.485 e. The second-order valence-electron chi connectivity index (χ2n) is 6.86. The van der Waals surface area contributed by atoms with Crippen molar-refractivity contribution in [3.8, 4) is 11.5 Å². The van der Waals surface area contributed by atoms with Crippen molar-refractivity contribution in [1.82, 2.24) is 10.6 Å². The van der Waals surface area contributed by atoms with Crippen molar-refractivity contribution in [2.75, 3.05) is 19.8 Å². The number of hydrogen-bond donors (Lipinski definition) is 2. The molecule has 0 fully saturated rings. The molecule has 9 nitrogen and oxygen atoms in total. The maximum Gasteiger partial charge on any atom is 0.325 e. The van der Waals surface area contributed by atoms with Crippen LogP contribution in [0.25, 0.3) is 10.1 Å². The largest absolute Gasteiger partial charge is 0.485 e. The van der Waals surface area contributed by atoms with E-state index in [4.69, 9.17) is 25.8 Å². The van der Waals surface area contributed by atoms with E-state index in [1.54, 1.807) is 30.3 Å². The highest BCUT2D eigenvalue weighted by Crippen LogP contribution is 2.35. The van der Waals surface area contributed by atoms with Gasteiger partial charge in [0.1, 0.15) is 18.0 Å². The van der Waals surface area contributed by atoms with Crippen LogP contribution in [0.4, 0.5) is 0 Å². The molecule has 1 aromatic heterocycles. The number of nitrogens with one attached hydrogen (secondary N) is 2. The normalized spacial score (nSPS) is 14.4. The fourth-order valence-corrected chi connectivity index (χ4v) is 4.43. The molecule has 4 rings (SSSR count). The molecule has 1 aliphatic rings. The summed E-state index contributed by atoms with van der Waals surface area (Å²) < 4.78 is 16.6. The van der Waals surface area contributed by atoms with E-state index in [2.05, 4.69) is 10.6 Å². The SMILES string of the molecule is O=C(COC(=O)CNC(=O)c1sc2ccccc2c1Cl)NC(=O)C1COc2ccccc2O1. The molecule has 0 radical (unpaired) electrons. The molecule has 170 valence electrons. The van der Waals surface area contributed by atoms with Gasteiger partial charge >= 0.3 is 5.97 Å². The fraction of sp³-hybridized carbons (Fsp3) is 0.182. The molecule has 3 aromatic rings. The standard InChI is InChI=1S/C22H17ClN2O7S/c23-19-12-5-1-4-8-16(12)33-20(19)22(29)24-9-18(27)31-11-17(26)25-21(28)15-10-30-13-6-2-3-7-14(13)32-15/h1-8,15H,9-11H2,(H,24,29)(H,25,26,28). The molecule has 0 aliphatic carbocycles. The van der Waals surface area contributed by atoms with E-state index in [1.807, 2.05) is 18.2 Å². The Balaban J connectivity index is 1.21. The third kappa shape index (κ3) is 5.24. The Hall–Kier alpha value is -3.63. The highest BCUT2D eigenvalue weighted by Gasteiger charge is 2.28. The molecular formula is C22H17ClN2O7S. The Labute approximate surface area is 196 Å². The number of carbonyl (C=O) groups is 4. The Kier molecular flexibility index (Phi) is 6.76. The van der Waals surface area contributed by atoms with Gasteiger partial charge < -0.3 is 19.5 Å². The van der Waals surface area contributed by atoms with Crippen LogP contribution in [0.5, 0.6) is 11.5 Å². The summed E-state index contributed by atoms with van der Waals surface area (Å²) in [6, 6.07) is 14.1. The highest BCUT2D eigenvalue weighted by atomic mass is 35.5. The van der Waals surface area contributed by atoms with Gasteiger partial charge in [0, 0.05) is 10.1 Å². The van der Waals surface area contributed by atoms with Gasteiger partial charge in [-0.2, -0.15) is 0 Å². The number of hydrogen-bond acceptors (Lipinski definition) is 8. The predicted octanol–water partition coefficient (Wildman–Crippen LogP) is 2.31. The number of carbonyl (C=O) groups excluding carboxylic acids is 4. The molecule has 1 aliphatic heterocycles. The highest BCUT2D eigenvalue weighted by molar-refractivity contribution is 7.21. The fourth-order valence-electron chi connectivity index (χ4n) is 2.99. The van der Waals surface area contributed by atoms with Gasteiger partial charge in [-0.1, -0.05) is 41.9 Å². The number of ether oxygens (including phenoxy) is 3. The van der Waals surface area contributed by atoms with Gasteiger partial charge in [-0.25, -0.2) is 0 Å². The zero-order valence-electron chi connectivity index (χ0n) is 17.0. The Morgan fingerprint density at radius 1 is 1.06 bits per heavy atom. The van der Waals surface area contributed by atoms with Crippen molar-refractivity contribution in [2.45, 2.75) is 6.10 Å². The van der Waals surface area contributed by atoms with Crippen molar-refractivity contribution in [3.63, 3.8) is 0 Å². The zero-order valence-corrected chi connectivity index (χ0v) is 18.5. The lowest BCUT2D eigenvalue weighted by molar-refractivity contribution is -0.149. The van der Waals surface area contributed by atoms with Crippen molar-refractivity contribution >= 4 is 56.7 Å². The van der Waals surface area contributed by atoms with Gasteiger partial charge in [0.15, 0.2) is 18.1 Å². The Bertz CT molecular complexity index is 1240. The lowest BCUT2D eigenvalue weighted by Gasteiger charge is -2.25. The maximum atomic E-state index is 12.3. The molecule has 33 heavy (non-hydrogen) atoms. The van der Waals surface area contributed by atoms with Crippen LogP contribution < -0.4 is 20.1 Å². The van der Waals surface area contributed by atoms with E-state index in [1.165, 1.54) is 11.3 Å². The molecular weight excluding hydrogens is 472 g/mol. The van der Waals surface area contributed by atoms with E-state index in [0.717, 1.165) is 10.1 Å². The number of fused-ring (bicyclic) bond motifs is 2.